The molecule has 26 heavy (non-hydrogen) atoms. The molecular weight excluding hydrogens is 332 g/mol. The molecule has 0 aliphatic heterocycles. The molecule has 0 aliphatic rings. The maximum atomic E-state index is 11.6. The van der Waals surface area contributed by atoms with Gasteiger partial charge in [-0.1, -0.05) is 43.7 Å². The van der Waals surface area contributed by atoms with Crippen LogP contribution in [0.4, 0.5) is 4.79 Å². The Bertz CT molecular complexity index is 690. The SMILES string of the molecule is CCCCc1c(OCCNC(=O)OC(C)(C)C)noc1-c1ccccc1. The van der Waals surface area contributed by atoms with E-state index < -0.39 is 11.7 Å². The zero-order valence-corrected chi connectivity index (χ0v) is 16.0. The van der Waals surface area contributed by atoms with Crippen molar-refractivity contribution >= 4 is 6.09 Å². The highest BCUT2D eigenvalue weighted by molar-refractivity contribution is 5.67. The van der Waals surface area contributed by atoms with Crippen LogP contribution >= 0.6 is 0 Å². The topological polar surface area (TPSA) is 73.6 Å². The highest BCUT2D eigenvalue weighted by atomic mass is 16.6. The Labute approximate surface area is 154 Å². The first-order valence-corrected chi connectivity index (χ1v) is 9.04. The van der Waals surface area contributed by atoms with E-state index >= 15 is 0 Å². The molecule has 0 unspecified atom stereocenters. The fourth-order valence-corrected chi connectivity index (χ4v) is 2.41. The van der Waals surface area contributed by atoms with Crippen LogP contribution < -0.4 is 10.1 Å². The van der Waals surface area contributed by atoms with E-state index in [1.165, 1.54) is 0 Å². The molecule has 142 valence electrons. The maximum absolute atomic E-state index is 11.6. The smallest absolute Gasteiger partial charge is 0.407 e. The molecule has 0 atom stereocenters. The van der Waals surface area contributed by atoms with Gasteiger partial charge in [0.25, 0.3) is 5.88 Å². The lowest BCUT2D eigenvalue weighted by Crippen LogP contribution is -2.34. The second kappa shape index (κ2) is 9.27. The van der Waals surface area contributed by atoms with E-state index in [4.69, 9.17) is 14.0 Å². The van der Waals surface area contributed by atoms with Crippen molar-refractivity contribution in [3.05, 3.63) is 35.9 Å². The van der Waals surface area contributed by atoms with Gasteiger partial charge < -0.3 is 19.3 Å². The molecule has 1 heterocycles. The van der Waals surface area contributed by atoms with E-state index in [1.807, 2.05) is 51.1 Å². The van der Waals surface area contributed by atoms with Crippen molar-refractivity contribution in [1.29, 1.82) is 0 Å². The summed E-state index contributed by atoms with van der Waals surface area (Å²) in [6.45, 7) is 8.23. The Balaban J connectivity index is 1.96. The van der Waals surface area contributed by atoms with Gasteiger partial charge in [0.05, 0.1) is 12.1 Å². The first-order valence-electron chi connectivity index (χ1n) is 9.04. The summed E-state index contributed by atoms with van der Waals surface area (Å²) in [6.07, 6.45) is 2.46. The van der Waals surface area contributed by atoms with Crippen LogP contribution in [0.15, 0.2) is 34.9 Å². The van der Waals surface area contributed by atoms with Crippen molar-refractivity contribution in [3.8, 4) is 17.2 Å². The lowest BCUT2D eigenvalue weighted by molar-refractivity contribution is 0.0519. The Morgan fingerprint density at radius 3 is 2.62 bits per heavy atom. The van der Waals surface area contributed by atoms with Crippen molar-refractivity contribution in [3.63, 3.8) is 0 Å². The largest absolute Gasteiger partial charge is 0.473 e. The number of carbonyl (C=O) groups is 1. The van der Waals surface area contributed by atoms with Gasteiger partial charge in [-0.25, -0.2) is 4.79 Å². The molecule has 0 saturated carbocycles. The first-order chi connectivity index (χ1) is 12.4. The van der Waals surface area contributed by atoms with Crippen LogP contribution in [0.5, 0.6) is 5.88 Å². The fourth-order valence-electron chi connectivity index (χ4n) is 2.41. The Morgan fingerprint density at radius 1 is 1.23 bits per heavy atom. The average Bonchev–Trinajstić information content (AvgIpc) is 2.99. The lowest BCUT2D eigenvalue weighted by Gasteiger charge is -2.19. The molecule has 1 aromatic heterocycles. The fraction of sp³-hybridized carbons (Fsp3) is 0.500. The summed E-state index contributed by atoms with van der Waals surface area (Å²) in [7, 11) is 0. The Kier molecular flexibility index (Phi) is 7.06. The average molecular weight is 360 g/mol. The number of unbranched alkanes of at least 4 members (excludes halogenated alkanes) is 1. The molecule has 1 N–H and O–H groups in total. The van der Waals surface area contributed by atoms with E-state index in [0.29, 0.717) is 19.0 Å². The molecule has 2 rings (SSSR count). The Hall–Kier alpha value is -2.50. The van der Waals surface area contributed by atoms with Crippen molar-refractivity contribution < 1.29 is 18.8 Å². The summed E-state index contributed by atoms with van der Waals surface area (Å²) in [5.41, 5.74) is 1.43. The number of ether oxygens (including phenoxy) is 2. The van der Waals surface area contributed by atoms with Crippen LogP contribution in [0.25, 0.3) is 11.3 Å². The standard InChI is InChI=1S/C20H28N2O4/c1-5-6-12-16-17(15-10-8-7-9-11-15)26-22-18(16)24-14-13-21-19(23)25-20(2,3)4/h7-11H,5-6,12-14H2,1-4H3,(H,21,23). The van der Waals surface area contributed by atoms with Gasteiger partial charge >= 0.3 is 6.09 Å². The number of nitrogens with one attached hydrogen (secondary N) is 1. The quantitative estimate of drug-likeness (QED) is 0.697. The second-order valence-corrected chi connectivity index (χ2v) is 7.04. The first kappa shape index (κ1) is 19.8. The third kappa shape index (κ3) is 6.10. The number of aromatic nitrogens is 1. The predicted octanol–water partition coefficient (Wildman–Crippen LogP) is 4.59. The molecule has 6 nitrogen and oxygen atoms in total. The van der Waals surface area contributed by atoms with Gasteiger partial charge in [0.1, 0.15) is 12.2 Å². The number of carbonyl (C=O) groups excluding carboxylic acids is 1. The van der Waals surface area contributed by atoms with Crippen LogP contribution in [0.1, 0.15) is 46.1 Å². The molecule has 2 aromatic rings. The van der Waals surface area contributed by atoms with E-state index in [0.717, 1.165) is 36.1 Å². The van der Waals surface area contributed by atoms with E-state index in [9.17, 15) is 4.79 Å². The summed E-state index contributed by atoms with van der Waals surface area (Å²) in [4.78, 5) is 11.6. The number of alkyl carbamates (subject to hydrolysis) is 1. The minimum absolute atomic E-state index is 0.291. The van der Waals surface area contributed by atoms with Crippen LogP contribution in [-0.4, -0.2) is 30.0 Å². The van der Waals surface area contributed by atoms with Crippen molar-refractivity contribution in [2.45, 2.75) is 52.6 Å². The molecule has 0 fully saturated rings. The molecule has 0 spiro atoms. The zero-order valence-electron chi connectivity index (χ0n) is 16.0. The lowest BCUT2D eigenvalue weighted by atomic mass is 10.0. The van der Waals surface area contributed by atoms with Crippen LogP contribution in [0, 0.1) is 0 Å². The molecule has 6 heteroatoms. The van der Waals surface area contributed by atoms with Gasteiger partial charge in [0, 0.05) is 5.56 Å². The molecular formula is C20H28N2O4. The number of rotatable bonds is 8. The summed E-state index contributed by atoms with van der Waals surface area (Å²) >= 11 is 0. The minimum atomic E-state index is -0.519. The number of hydrogen-bond donors (Lipinski definition) is 1. The third-order valence-corrected chi connectivity index (χ3v) is 3.58. The monoisotopic (exact) mass is 360 g/mol. The molecule has 0 bridgehead atoms. The second-order valence-electron chi connectivity index (χ2n) is 7.04. The van der Waals surface area contributed by atoms with E-state index in [2.05, 4.69) is 17.4 Å². The normalized spacial score (nSPS) is 11.2. The van der Waals surface area contributed by atoms with Gasteiger partial charge in [0.15, 0.2) is 5.76 Å². The minimum Gasteiger partial charge on any atom is -0.473 e. The molecule has 1 amide bonds. The van der Waals surface area contributed by atoms with Gasteiger partial charge in [-0.05, 0) is 38.8 Å². The van der Waals surface area contributed by atoms with Gasteiger partial charge in [-0.3, -0.25) is 0 Å². The van der Waals surface area contributed by atoms with E-state index in [-0.39, 0.29) is 0 Å². The molecule has 0 saturated heterocycles. The van der Waals surface area contributed by atoms with Gasteiger partial charge in [-0.15, -0.1) is 0 Å². The van der Waals surface area contributed by atoms with Crippen molar-refractivity contribution in [2.24, 2.45) is 0 Å². The molecule has 0 aliphatic carbocycles. The zero-order chi connectivity index (χ0) is 19.0. The summed E-state index contributed by atoms with van der Waals surface area (Å²) in [5.74, 6) is 1.23. The number of nitrogens with zero attached hydrogens (tertiary/aromatic N) is 1. The van der Waals surface area contributed by atoms with E-state index in [1.54, 1.807) is 0 Å². The van der Waals surface area contributed by atoms with Gasteiger partial charge in [-0.2, -0.15) is 0 Å². The summed E-state index contributed by atoms with van der Waals surface area (Å²) in [6, 6.07) is 9.87. The summed E-state index contributed by atoms with van der Waals surface area (Å²) in [5, 5.41) is 6.75. The highest BCUT2D eigenvalue weighted by Crippen LogP contribution is 2.31. The van der Waals surface area contributed by atoms with Crippen molar-refractivity contribution in [1.82, 2.24) is 10.5 Å². The summed E-state index contributed by atoms with van der Waals surface area (Å²) < 4.78 is 16.5. The molecule has 0 radical (unpaired) electrons. The van der Waals surface area contributed by atoms with Crippen LogP contribution in [0.3, 0.4) is 0 Å². The predicted molar refractivity (Wildman–Crippen MR) is 100 cm³/mol. The maximum Gasteiger partial charge on any atom is 0.407 e. The number of amides is 1. The van der Waals surface area contributed by atoms with Crippen LogP contribution in [0.2, 0.25) is 0 Å². The number of benzene rings is 1. The Morgan fingerprint density at radius 2 is 1.96 bits per heavy atom. The molecule has 1 aromatic carbocycles. The van der Waals surface area contributed by atoms with Crippen LogP contribution in [-0.2, 0) is 11.2 Å². The number of hydrogen-bond acceptors (Lipinski definition) is 5. The van der Waals surface area contributed by atoms with Crippen molar-refractivity contribution in [2.75, 3.05) is 13.2 Å². The third-order valence-electron chi connectivity index (χ3n) is 3.58. The highest BCUT2D eigenvalue weighted by Gasteiger charge is 2.19. The van der Waals surface area contributed by atoms with Gasteiger partial charge in [0.2, 0.25) is 0 Å².